The average Bonchev–Trinajstić information content (AvgIpc) is 3.63. The van der Waals surface area contributed by atoms with Gasteiger partial charge >= 0.3 is 5.97 Å². The Morgan fingerprint density at radius 1 is 1.26 bits per heavy atom. The van der Waals surface area contributed by atoms with Crippen LogP contribution in [0.2, 0.25) is 0 Å². The lowest BCUT2D eigenvalue weighted by atomic mass is 9.73. The van der Waals surface area contributed by atoms with Crippen molar-refractivity contribution in [1.82, 2.24) is 35.3 Å². The molecule has 5 heterocycles. The number of rotatable bonds is 9. The molecule has 1 aromatic rings. The number of aliphatic carboxylic acids is 1. The molecule has 0 bridgehead atoms. The molecule has 0 saturated carbocycles. The number of nitrogens with one attached hydrogen (secondary N) is 1. The van der Waals surface area contributed by atoms with Gasteiger partial charge in [-0.3, -0.25) is 14.4 Å². The van der Waals surface area contributed by atoms with E-state index in [0.717, 1.165) is 0 Å². The predicted octanol–water partition coefficient (Wildman–Crippen LogP) is -2.00. The smallest absolute Gasteiger partial charge is 0.353 e. The molecule has 3 fully saturated rings. The van der Waals surface area contributed by atoms with E-state index in [1.807, 2.05) is 13.8 Å². The molecule has 3 unspecified atom stereocenters. The Bertz CT molecular complexity index is 1150. The second-order valence-electron chi connectivity index (χ2n) is 10.8. The number of carbonyl (C=O) groups is 4. The van der Waals surface area contributed by atoms with Gasteiger partial charge in [0.25, 0.3) is 0 Å². The van der Waals surface area contributed by atoms with Crippen molar-refractivity contribution in [2.75, 3.05) is 19.6 Å². The molecule has 0 aromatic carbocycles. The molecule has 2 amide bonds. The highest BCUT2D eigenvalue weighted by Gasteiger charge is 2.60. The summed E-state index contributed by atoms with van der Waals surface area (Å²) in [6.07, 6.45) is 2.06. The van der Waals surface area contributed by atoms with Gasteiger partial charge in [-0.2, -0.15) is 0 Å². The second-order valence-corrected chi connectivity index (χ2v) is 12.1. The third-order valence-corrected chi connectivity index (χ3v) is 9.60. The number of tetrazole rings is 1. The Morgan fingerprint density at radius 3 is 2.61 bits per heavy atom. The van der Waals surface area contributed by atoms with E-state index in [1.165, 1.54) is 27.7 Å². The minimum absolute atomic E-state index is 0.0196. The summed E-state index contributed by atoms with van der Waals surface area (Å²) in [7, 11) is 0. The third-order valence-electron chi connectivity index (χ3n) is 8.09. The van der Waals surface area contributed by atoms with Crippen molar-refractivity contribution < 1.29 is 24.3 Å². The molecule has 8 atom stereocenters. The first-order valence-electron chi connectivity index (χ1n) is 12.8. The van der Waals surface area contributed by atoms with Gasteiger partial charge < -0.3 is 31.7 Å². The summed E-state index contributed by atoms with van der Waals surface area (Å²) >= 11 is 1.43. The normalized spacial score (nSPS) is 33.5. The van der Waals surface area contributed by atoms with E-state index in [0.29, 0.717) is 31.0 Å². The Kier molecular flexibility index (Phi) is 7.28. The van der Waals surface area contributed by atoms with E-state index in [2.05, 4.69) is 20.8 Å². The highest BCUT2D eigenvalue weighted by atomic mass is 32.2. The lowest BCUT2D eigenvalue weighted by molar-refractivity contribution is -0.160. The zero-order valence-corrected chi connectivity index (χ0v) is 22.1. The molecule has 4 aliphatic rings. The maximum absolute atomic E-state index is 13.2. The minimum atomic E-state index is -1.14. The highest BCUT2D eigenvalue weighted by molar-refractivity contribution is 8.03. The number of Topliss-reactive ketones (excluding diaryl/α,β-unsaturated/α-hetero) is 1. The van der Waals surface area contributed by atoms with Crippen LogP contribution in [0.25, 0.3) is 0 Å². The van der Waals surface area contributed by atoms with Gasteiger partial charge in [-0.05, 0) is 22.8 Å². The number of fused-ring (bicyclic) bond motifs is 1. The van der Waals surface area contributed by atoms with Gasteiger partial charge in [-0.15, -0.1) is 16.9 Å². The van der Waals surface area contributed by atoms with Crippen LogP contribution in [0.5, 0.6) is 0 Å². The summed E-state index contributed by atoms with van der Waals surface area (Å²) in [6, 6.07) is -1.17. The minimum Gasteiger partial charge on any atom is -0.477 e. The quantitative estimate of drug-likeness (QED) is 0.248. The van der Waals surface area contributed by atoms with Crippen molar-refractivity contribution in [3.8, 4) is 0 Å². The molecule has 15 heteroatoms. The summed E-state index contributed by atoms with van der Waals surface area (Å²) in [5.74, 6) is -2.46. The molecule has 14 nitrogen and oxygen atoms in total. The molecule has 1 aromatic heterocycles. The number of ketones is 1. The second kappa shape index (κ2) is 10.4. The largest absolute Gasteiger partial charge is 0.477 e. The van der Waals surface area contributed by atoms with Crippen LogP contribution >= 0.6 is 11.8 Å². The Labute approximate surface area is 223 Å². The van der Waals surface area contributed by atoms with Crippen molar-refractivity contribution in [2.45, 2.75) is 62.7 Å². The lowest BCUT2D eigenvalue weighted by Crippen LogP contribution is -2.62. The molecule has 0 radical (unpaired) electrons. The maximum Gasteiger partial charge on any atom is 0.353 e. The number of carboxylic acids is 1. The standard InChI is InChI=1S/C23H33N9O5S/c1-10(3-12(33)6-31-9-27-28-29-31)17-18-11(2)20(19(23(36)37)32(18)22(17)35)38-13-4-16(26-5-13)21(34)30-7-14(24)15(25)8-30/h9-11,13-18,26H,3-8,24-25H2,1-2H3,(H,36,37)/t10-,11+,13-,14?,15?,16?,17+,18-/m0/s1. The zero-order chi connectivity index (χ0) is 27.3. The van der Waals surface area contributed by atoms with E-state index >= 15 is 0 Å². The Morgan fingerprint density at radius 2 is 1.97 bits per heavy atom. The van der Waals surface area contributed by atoms with Crippen molar-refractivity contribution in [2.24, 2.45) is 29.2 Å². The van der Waals surface area contributed by atoms with Crippen molar-refractivity contribution in [3.63, 3.8) is 0 Å². The molecular weight excluding hydrogens is 514 g/mol. The fourth-order valence-electron chi connectivity index (χ4n) is 6.17. The number of likely N-dealkylation sites (tertiary alicyclic amines) is 1. The number of aromatic nitrogens is 4. The van der Waals surface area contributed by atoms with Crippen LogP contribution in [-0.2, 0) is 25.7 Å². The molecule has 6 N–H and O–H groups in total. The number of β-lactam (4-membered cyclic amide) rings is 1. The number of hydrogen-bond acceptors (Lipinski definition) is 11. The van der Waals surface area contributed by atoms with Crippen molar-refractivity contribution in [1.29, 1.82) is 0 Å². The van der Waals surface area contributed by atoms with E-state index < -0.39 is 11.9 Å². The fraction of sp³-hybridized carbons (Fsp3) is 0.696. The Balaban J connectivity index is 1.23. The molecule has 5 rings (SSSR count). The van der Waals surface area contributed by atoms with E-state index in [4.69, 9.17) is 11.5 Å². The first-order chi connectivity index (χ1) is 18.1. The number of carboxylic acid groups (broad SMARTS) is 1. The first kappa shape index (κ1) is 26.7. The van der Waals surface area contributed by atoms with Crippen LogP contribution in [0.15, 0.2) is 16.9 Å². The summed E-state index contributed by atoms with van der Waals surface area (Å²) in [5, 5.41) is 24.0. The zero-order valence-electron chi connectivity index (χ0n) is 21.3. The number of nitrogens with two attached hydrogens (primary N) is 2. The van der Waals surface area contributed by atoms with E-state index in [-0.39, 0.29) is 77.5 Å². The van der Waals surface area contributed by atoms with E-state index in [1.54, 1.807) is 4.90 Å². The van der Waals surface area contributed by atoms with E-state index in [9.17, 15) is 24.3 Å². The summed E-state index contributed by atoms with van der Waals surface area (Å²) in [5.41, 5.74) is 12.0. The molecule has 206 valence electrons. The van der Waals surface area contributed by atoms with Crippen molar-refractivity contribution in [3.05, 3.63) is 16.9 Å². The molecular formula is C23H33N9O5S. The van der Waals surface area contributed by atoms with Gasteiger partial charge in [0, 0.05) is 54.2 Å². The number of hydrogen-bond donors (Lipinski definition) is 4. The first-order valence-corrected chi connectivity index (χ1v) is 13.7. The molecule has 3 saturated heterocycles. The van der Waals surface area contributed by atoms with Crippen LogP contribution < -0.4 is 16.8 Å². The maximum atomic E-state index is 13.2. The monoisotopic (exact) mass is 547 g/mol. The van der Waals surface area contributed by atoms with Crippen LogP contribution in [0, 0.1) is 17.8 Å². The topological polar surface area (TPSA) is 203 Å². The van der Waals surface area contributed by atoms with Gasteiger partial charge in [0.2, 0.25) is 11.8 Å². The lowest BCUT2D eigenvalue weighted by Gasteiger charge is -2.47. The van der Waals surface area contributed by atoms with Gasteiger partial charge in [0.1, 0.15) is 18.6 Å². The number of nitrogens with zero attached hydrogens (tertiary/aromatic N) is 6. The molecule has 0 spiro atoms. The van der Waals surface area contributed by atoms with Crippen LogP contribution in [0.4, 0.5) is 0 Å². The van der Waals surface area contributed by atoms with Gasteiger partial charge in [-0.25, -0.2) is 9.48 Å². The number of amides is 2. The third kappa shape index (κ3) is 4.72. The van der Waals surface area contributed by atoms with Gasteiger partial charge in [0.15, 0.2) is 5.78 Å². The summed E-state index contributed by atoms with van der Waals surface area (Å²) in [6.45, 7) is 5.20. The SMILES string of the molecule is C[C@@H](CC(=O)Cn1cnnn1)[C@H]1C(=O)N2C(C(=O)O)=C(S[C@@H]3CNC(C(=O)N4CC(N)C(N)C4)C3)[C@H](C)[C@@H]12. The molecule has 4 aliphatic heterocycles. The van der Waals surface area contributed by atoms with Crippen LogP contribution in [0.3, 0.4) is 0 Å². The Hall–Kier alpha value is -2.88. The summed E-state index contributed by atoms with van der Waals surface area (Å²) < 4.78 is 1.33. The van der Waals surface area contributed by atoms with Gasteiger partial charge in [-0.1, -0.05) is 13.8 Å². The van der Waals surface area contributed by atoms with Crippen LogP contribution in [-0.4, -0.2) is 108 Å². The average molecular weight is 548 g/mol. The molecule has 0 aliphatic carbocycles. The fourth-order valence-corrected chi connectivity index (χ4v) is 7.65. The predicted molar refractivity (Wildman–Crippen MR) is 135 cm³/mol. The van der Waals surface area contributed by atoms with Gasteiger partial charge in [0.05, 0.1) is 18.0 Å². The summed E-state index contributed by atoms with van der Waals surface area (Å²) in [4.78, 5) is 54.6. The number of thioether (sulfide) groups is 1. The van der Waals surface area contributed by atoms with Crippen LogP contribution in [0.1, 0.15) is 26.7 Å². The highest BCUT2D eigenvalue weighted by Crippen LogP contribution is 2.53. The number of carbonyl (C=O) groups excluding carboxylic acids is 3. The van der Waals surface area contributed by atoms with Crippen molar-refractivity contribution >= 4 is 35.3 Å². The molecule has 38 heavy (non-hydrogen) atoms.